The standard InChI is InChI=1S/C19H16N4O7S.ClHO3S/c1-22-18(24)7-6-17(21-22)23-10-12-8-14(4-5-16(12)19(23)25)29-11-13-2-3-15(9-20-13)30-31(26,27)28;1-5(2,3)4/h2-9H,10-11H2,1H3,(H,26,27,28);(H,2,3,4). The number of amides is 1. The van der Waals surface area contributed by atoms with Crippen LogP contribution in [-0.4, -0.2) is 46.6 Å². The largest absolute Gasteiger partial charge is 0.487 e. The summed E-state index contributed by atoms with van der Waals surface area (Å²) in [5, 5.41) is 4.12. The van der Waals surface area contributed by atoms with Crippen LogP contribution >= 0.6 is 10.7 Å². The van der Waals surface area contributed by atoms with Crippen molar-refractivity contribution in [3.05, 3.63) is 75.8 Å². The lowest BCUT2D eigenvalue weighted by Crippen LogP contribution is -2.28. The first kappa shape index (κ1) is 27.0. The van der Waals surface area contributed by atoms with Crippen LogP contribution in [-0.2, 0) is 39.9 Å². The number of benzene rings is 1. The van der Waals surface area contributed by atoms with E-state index < -0.39 is 19.7 Å². The Labute approximate surface area is 208 Å². The van der Waals surface area contributed by atoms with Crippen LogP contribution in [0, 0.1) is 0 Å². The Kier molecular flexibility index (Phi) is 7.95. The van der Waals surface area contributed by atoms with Crippen molar-refractivity contribution in [2.24, 2.45) is 7.05 Å². The third-order valence-corrected chi connectivity index (χ3v) is 4.89. The van der Waals surface area contributed by atoms with Gasteiger partial charge in [0.25, 0.3) is 11.5 Å². The number of anilines is 1. The molecule has 0 atom stereocenters. The maximum atomic E-state index is 12.7. The van der Waals surface area contributed by atoms with Crippen molar-refractivity contribution >= 4 is 42.1 Å². The summed E-state index contributed by atoms with van der Waals surface area (Å²) in [6.45, 7) is 0.376. The van der Waals surface area contributed by atoms with E-state index in [1.54, 1.807) is 18.2 Å². The van der Waals surface area contributed by atoms with E-state index in [-0.39, 0.29) is 30.4 Å². The zero-order chi connectivity index (χ0) is 26.7. The highest BCUT2D eigenvalue weighted by Gasteiger charge is 2.30. The number of fused-ring (bicyclic) bond motifs is 1. The molecule has 1 aliphatic heterocycles. The highest BCUT2D eigenvalue weighted by molar-refractivity contribution is 8.09. The molecule has 0 bridgehead atoms. The Morgan fingerprint density at radius 2 is 1.69 bits per heavy atom. The predicted octanol–water partition coefficient (Wildman–Crippen LogP) is 1.12. The van der Waals surface area contributed by atoms with Gasteiger partial charge in [-0.15, -0.1) is 0 Å². The van der Waals surface area contributed by atoms with E-state index in [0.29, 0.717) is 22.8 Å². The topological polar surface area (TPSA) is 195 Å². The summed E-state index contributed by atoms with van der Waals surface area (Å²) in [6.07, 6.45) is 1.14. The van der Waals surface area contributed by atoms with Crippen molar-refractivity contribution in [3.63, 3.8) is 0 Å². The molecule has 1 aromatic carbocycles. The van der Waals surface area contributed by atoms with Crippen LogP contribution in [0.3, 0.4) is 0 Å². The molecule has 0 unspecified atom stereocenters. The summed E-state index contributed by atoms with van der Waals surface area (Å²) in [4.78, 5) is 29.7. The molecule has 0 fully saturated rings. The lowest BCUT2D eigenvalue weighted by atomic mass is 10.1. The molecule has 1 amide bonds. The Morgan fingerprint density at radius 1 is 1.03 bits per heavy atom. The smallest absolute Gasteiger partial charge is 0.446 e. The highest BCUT2D eigenvalue weighted by Crippen LogP contribution is 2.29. The molecule has 1 aliphatic rings. The molecule has 3 aromatic rings. The minimum Gasteiger partial charge on any atom is -0.487 e. The molecule has 0 spiro atoms. The molecule has 0 saturated heterocycles. The number of carbonyl (C=O) groups is 1. The third-order valence-electron chi connectivity index (χ3n) is 4.49. The van der Waals surface area contributed by atoms with Gasteiger partial charge in [0.2, 0.25) is 0 Å². The summed E-state index contributed by atoms with van der Waals surface area (Å²) in [5.41, 5.74) is 1.50. The number of halogens is 1. The highest BCUT2D eigenvalue weighted by atomic mass is 35.7. The molecule has 4 rings (SSSR count). The van der Waals surface area contributed by atoms with Gasteiger partial charge in [-0.3, -0.25) is 28.6 Å². The molecule has 36 heavy (non-hydrogen) atoms. The van der Waals surface area contributed by atoms with E-state index in [4.69, 9.17) is 22.3 Å². The Balaban J connectivity index is 0.000000658. The van der Waals surface area contributed by atoms with Crippen molar-refractivity contribution in [1.82, 2.24) is 14.8 Å². The molecule has 2 aromatic heterocycles. The average Bonchev–Trinajstić information content (AvgIpc) is 3.09. The van der Waals surface area contributed by atoms with Crippen LogP contribution in [0.4, 0.5) is 5.82 Å². The number of nitrogens with zero attached hydrogens (tertiary/aromatic N) is 4. The first-order valence-corrected chi connectivity index (χ1v) is 13.2. The minimum atomic E-state index is -4.61. The van der Waals surface area contributed by atoms with Gasteiger partial charge in [-0.2, -0.15) is 21.9 Å². The molecule has 0 radical (unpaired) electrons. The van der Waals surface area contributed by atoms with E-state index in [1.165, 1.54) is 40.9 Å². The van der Waals surface area contributed by atoms with Crippen molar-refractivity contribution in [1.29, 1.82) is 0 Å². The van der Waals surface area contributed by atoms with Crippen LogP contribution in [0.15, 0.2) is 53.5 Å². The van der Waals surface area contributed by atoms with Gasteiger partial charge in [0.15, 0.2) is 11.6 Å². The molecule has 2 N–H and O–H groups in total. The number of rotatable bonds is 6. The van der Waals surface area contributed by atoms with Crippen LogP contribution < -0.4 is 19.4 Å². The quantitative estimate of drug-likeness (QED) is 0.322. The van der Waals surface area contributed by atoms with Crippen molar-refractivity contribution in [3.8, 4) is 11.5 Å². The van der Waals surface area contributed by atoms with Crippen molar-refractivity contribution in [2.45, 2.75) is 13.2 Å². The molecule has 192 valence electrons. The minimum absolute atomic E-state index is 0.0882. The van der Waals surface area contributed by atoms with Gasteiger partial charge in [0, 0.05) is 29.4 Å². The zero-order valence-corrected chi connectivity index (χ0v) is 20.6. The monoisotopic (exact) mass is 560 g/mol. The summed E-state index contributed by atoms with van der Waals surface area (Å²) < 4.78 is 66.4. The fourth-order valence-electron chi connectivity index (χ4n) is 3.03. The number of hydrogen-bond acceptors (Lipinski definition) is 10. The van der Waals surface area contributed by atoms with Gasteiger partial charge in [-0.05, 0) is 42.0 Å². The fourth-order valence-corrected chi connectivity index (χ4v) is 3.37. The normalized spacial score (nSPS) is 13.0. The second-order valence-electron chi connectivity index (χ2n) is 7.06. The maximum absolute atomic E-state index is 12.7. The van der Waals surface area contributed by atoms with Gasteiger partial charge in [0.1, 0.15) is 12.4 Å². The van der Waals surface area contributed by atoms with Gasteiger partial charge < -0.3 is 8.92 Å². The van der Waals surface area contributed by atoms with Gasteiger partial charge in [0.05, 0.1) is 18.4 Å². The van der Waals surface area contributed by atoms with Gasteiger partial charge >= 0.3 is 19.7 Å². The van der Waals surface area contributed by atoms with Crippen LogP contribution in [0.1, 0.15) is 21.6 Å². The summed E-state index contributed by atoms with van der Waals surface area (Å²) in [6, 6.07) is 10.7. The Hall–Kier alpha value is -3.57. The van der Waals surface area contributed by atoms with E-state index in [1.807, 2.05) is 0 Å². The molecular weight excluding hydrogens is 544 g/mol. The van der Waals surface area contributed by atoms with E-state index in [9.17, 15) is 18.0 Å². The summed E-state index contributed by atoms with van der Waals surface area (Å²) >= 11 is 0. The third kappa shape index (κ3) is 7.72. The van der Waals surface area contributed by atoms with Crippen LogP contribution in [0.25, 0.3) is 0 Å². The Morgan fingerprint density at radius 3 is 2.28 bits per heavy atom. The zero-order valence-electron chi connectivity index (χ0n) is 18.2. The number of pyridine rings is 1. The number of aryl methyl sites for hydroxylation is 1. The summed E-state index contributed by atoms with van der Waals surface area (Å²) in [5.74, 6) is 0.544. The number of carbonyl (C=O) groups excluding carboxylic acids is 1. The fraction of sp³-hybridized carbons (Fsp3) is 0.158. The SMILES string of the molecule is Cn1nc(N2Cc3cc(OCc4ccc(OS(=O)(=O)O)cn4)ccc3C2=O)ccc1=O.O=S(=O)(O)Cl. The van der Waals surface area contributed by atoms with E-state index >= 15 is 0 Å². The van der Waals surface area contributed by atoms with E-state index in [2.05, 4.69) is 24.9 Å². The van der Waals surface area contributed by atoms with Crippen LogP contribution in [0.2, 0.25) is 0 Å². The predicted molar refractivity (Wildman–Crippen MR) is 125 cm³/mol. The molecular formula is C19H17ClN4O10S2. The first-order chi connectivity index (χ1) is 16.7. The van der Waals surface area contributed by atoms with E-state index in [0.717, 1.165) is 11.8 Å². The maximum Gasteiger partial charge on any atom is 0.446 e. The molecule has 14 nitrogen and oxygen atoms in total. The lowest BCUT2D eigenvalue weighted by molar-refractivity contribution is 0.0995. The lowest BCUT2D eigenvalue weighted by Gasteiger charge is -2.14. The van der Waals surface area contributed by atoms with Crippen molar-refractivity contribution < 1.29 is 39.7 Å². The molecule has 0 saturated carbocycles. The molecule has 17 heteroatoms. The van der Waals surface area contributed by atoms with Gasteiger partial charge in [-0.1, -0.05) is 0 Å². The molecule has 3 heterocycles. The number of hydrogen-bond donors (Lipinski definition) is 2. The second kappa shape index (κ2) is 10.6. The number of aromatic nitrogens is 3. The first-order valence-electron chi connectivity index (χ1n) is 9.60. The summed E-state index contributed by atoms with van der Waals surface area (Å²) in [7, 11) is -3.23. The van der Waals surface area contributed by atoms with Crippen molar-refractivity contribution in [2.75, 3.05) is 4.90 Å². The average molecular weight is 561 g/mol. The van der Waals surface area contributed by atoms with Gasteiger partial charge in [-0.25, -0.2) is 4.68 Å². The Bertz CT molecular complexity index is 1550. The number of ether oxygens (including phenoxy) is 1. The second-order valence-corrected chi connectivity index (χ2v) is 10.1. The van der Waals surface area contributed by atoms with Crippen LogP contribution in [0.5, 0.6) is 11.5 Å². The molecule has 0 aliphatic carbocycles.